The van der Waals surface area contributed by atoms with Gasteiger partial charge in [-0.15, -0.1) is 0 Å². The molecule has 0 bridgehead atoms. The summed E-state index contributed by atoms with van der Waals surface area (Å²) in [4.78, 5) is 11.0. The van der Waals surface area contributed by atoms with Crippen LogP contribution in [0.5, 0.6) is 0 Å². The van der Waals surface area contributed by atoms with Gasteiger partial charge in [-0.3, -0.25) is 4.79 Å². The summed E-state index contributed by atoms with van der Waals surface area (Å²) in [7, 11) is 0. The summed E-state index contributed by atoms with van der Waals surface area (Å²) in [6.07, 6.45) is 3.36. The minimum atomic E-state index is -0.527. The third-order valence-electron chi connectivity index (χ3n) is 8.90. The van der Waals surface area contributed by atoms with Gasteiger partial charge in [0.1, 0.15) is 11.7 Å². The molecule has 9 unspecified atom stereocenters. The van der Waals surface area contributed by atoms with E-state index in [2.05, 4.69) is 27.7 Å². The highest BCUT2D eigenvalue weighted by Crippen LogP contribution is 2.79. The Morgan fingerprint density at radius 2 is 1.86 bits per heavy atom. The number of carbonyl (C=O) groups is 1. The monoisotopic (exact) mass is 406 g/mol. The molecule has 5 rings (SSSR count). The fourth-order valence-electron chi connectivity index (χ4n) is 7.50. The third-order valence-corrected chi connectivity index (χ3v) is 8.90. The van der Waals surface area contributed by atoms with E-state index in [1.54, 1.807) is 0 Å². The molecular weight excluding hydrogens is 368 g/mol. The zero-order chi connectivity index (χ0) is 21.4. The molecule has 2 aliphatic heterocycles. The van der Waals surface area contributed by atoms with Crippen LogP contribution in [0.25, 0.3) is 0 Å². The van der Waals surface area contributed by atoms with Gasteiger partial charge >= 0.3 is 0 Å². The number of hydrogen-bond donors (Lipinski definition) is 1. The maximum Gasteiger partial charge on any atom is 0.293 e. The van der Waals surface area contributed by atoms with Crippen molar-refractivity contribution in [3.05, 3.63) is 11.1 Å². The molecule has 5 heteroatoms. The average molecular weight is 407 g/mol. The standard InChI is InChI=1S/C22H32O5.C2H6/c1-11(2)14-8-17-22(27-17)20(5)7-6-12(3)18(13(4)25-10-23)15(20)9-16-21(22,26-16)19(14)24;1-2/h10-11,13-17,19,24H,6-9H2,1-5H3;1-2H3. The van der Waals surface area contributed by atoms with Gasteiger partial charge in [-0.2, -0.15) is 0 Å². The molecule has 4 fully saturated rings. The summed E-state index contributed by atoms with van der Waals surface area (Å²) in [6.45, 7) is 15.4. The fourth-order valence-corrected chi connectivity index (χ4v) is 7.50. The smallest absolute Gasteiger partial charge is 0.293 e. The lowest BCUT2D eigenvalue weighted by Crippen LogP contribution is -2.66. The molecule has 164 valence electrons. The molecule has 2 saturated heterocycles. The van der Waals surface area contributed by atoms with Crippen molar-refractivity contribution in [3.8, 4) is 0 Å². The number of rotatable bonds is 4. The van der Waals surface area contributed by atoms with Gasteiger partial charge in [0.15, 0.2) is 5.60 Å². The van der Waals surface area contributed by atoms with Crippen LogP contribution >= 0.6 is 0 Å². The first-order valence-corrected chi connectivity index (χ1v) is 11.6. The number of epoxide rings is 2. The number of allylic oxidation sites excluding steroid dienone is 1. The topological polar surface area (TPSA) is 71.6 Å². The van der Waals surface area contributed by atoms with Crippen LogP contribution < -0.4 is 0 Å². The van der Waals surface area contributed by atoms with E-state index < -0.39 is 11.7 Å². The Bertz CT molecular complexity index is 716. The largest absolute Gasteiger partial charge is 0.460 e. The van der Waals surface area contributed by atoms with E-state index >= 15 is 0 Å². The summed E-state index contributed by atoms with van der Waals surface area (Å²) >= 11 is 0. The zero-order valence-corrected chi connectivity index (χ0v) is 19.0. The van der Waals surface area contributed by atoms with Crippen molar-refractivity contribution in [1.82, 2.24) is 0 Å². The zero-order valence-electron chi connectivity index (χ0n) is 19.0. The summed E-state index contributed by atoms with van der Waals surface area (Å²) < 4.78 is 18.3. The van der Waals surface area contributed by atoms with E-state index in [1.165, 1.54) is 11.1 Å². The van der Waals surface area contributed by atoms with Crippen LogP contribution in [0.3, 0.4) is 0 Å². The van der Waals surface area contributed by atoms with E-state index in [4.69, 9.17) is 14.2 Å². The second-order valence-corrected chi connectivity index (χ2v) is 10.1. The fraction of sp³-hybridized carbons (Fsp3) is 0.875. The first-order chi connectivity index (χ1) is 13.7. The van der Waals surface area contributed by atoms with Crippen LogP contribution in [0.1, 0.15) is 74.1 Å². The van der Waals surface area contributed by atoms with Crippen molar-refractivity contribution in [2.45, 2.75) is 110 Å². The highest BCUT2D eigenvalue weighted by atomic mass is 16.7. The van der Waals surface area contributed by atoms with Gasteiger partial charge in [0.2, 0.25) is 0 Å². The minimum Gasteiger partial charge on any atom is -0.460 e. The molecule has 3 aliphatic carbocycles. The Balaban J connectivity index is 0.000000994. The van der Waals surface area contributed by atoms with E-state index in [1.807, 2.05) is 20.8 Å². The molecular formula is C24H38O5. The molecule has 2 spiro atoms. The lowest BCUT2D eigenvalue weighted by atomic mass is 9.46. The number of hydrogen-bond acceptors (Lipinski definition) is 5. The molecule has 0 radical (unpaired) electrons. The second-order valence-electron chi connectivity index (χ2n) is 10.1. The average Bonchev–Trinajstić information content (AvgIpc) is 3.58. The van der Waals surface area contributed by atoms with Crippen LogP contribution in [0.2, 0.25) is 0 Å². The van der Waals surface area contributed by atoms with Crippen molar-refractivity contribution in [2.75, 3.05) is 0 Å². The Morgan fingerprint density at radius 3 is 2.48 bits per heavy atom. The molecule has 2 heterocycles. The first kappa shape index (κ1) is 21.3. The number of fused-ring (bicyclic) bond motifs is 1. The van der Waals surface area contributed by atoms with E-state index in [-0.39, 0.29) is 41.2 Å². The summed E-state index contributed by atoms with van der Waals surface area (Å²) in [5, 5.41) is 11.4. The number of ether oxygens (including phenoxy) is 3. The number of carbonyl (C=O) groups excluding carboxylic acids is 1. The van der Waals surface area contributed by atoms with Crippen molar-refractivity contribution in [1.29, 1.82) is 0 Å². The van der Waals surface area contributed by atoms with Gasteiger partial charge in [0.05, 0.1) is 18.3 Å². The highest BCUT2D eigenvalue weighted by molar-refractivity contribution is 5.45. The van der Waals surface area contributed by atoms with E-state index in [9.17, 15) is 9.90 Å². The molecule has 5 aliphatic rings. The Kier molecular flexibility index (Phi) is 5.00. The van der Waals surface area contributed by atoms with Crippen LogP contribution in [-0.4, -0.2) is 47.2 Å². The lowest BCUT2D eigenvalue weighted by Gasteiger charge is -2.55. The Morgan fingerprint density at radius 1 is 1.17 bits per heavy atom. The van der Waals surface area contributed by atoms with Gasteiger partial charge in [-0.25, -0.2) is 0 Å². The molecule has 0 aromatic rings. The Labute approximate surface area is 175 Å². The normalized spacial score (nSPS) is 50.2. The van der Waals surface area contributed by atoms with Crippen molar-refractivity contribution in [2.24, 2.45) is 23.2 Å². The quantitative estimate of drug-likeness (QED) is 0.434. The minimum absolute atomic E-state index is 0.0430. The van der Waals surface area contributed by atoms with Crippen molar-refractivity contribution >= 4 is 6.47 Å². The van der Waals surface area contributed by atoms with Crippen molar-refractivity contribution in [3.63, 3.8) is 0 Å². The van der Waals surface area contributed by atoms with Crippen molar-refractivity contribution < 1.29 is 24.1 Å². The van der Waals surface area contributed by atoms with Crippen LogP contribution in [0, 0.1) is 23.2 Å². The molecule has 5 nitrogen and oxygen atoms in total. The first-order valence-electron chi connectivity index (χ1n) is 11.6. The third kappa shape index (κ3) is 2.41. The second kappa shape index (κ2) is 6.80. The SMILES string of the molecule is CC.CC1=C(C(C)OC=O)C2CC3OC34C(O)C(C(C)C)CC3OC34C2(C)CC1. The van der Waals surface area contributed by atoms with E-state index in [0.29, 0.717) is 12.4 Å². The van der Waals surface area contributed by atoms with Crippen LogP contribution in [0.15, 0.2) is 11.1 Å². The molecule has 1 N–H and O–H groups in total. The predicted molar refractivity (Wildman–Crippen MR) is 110 cm³/mol. The number of aliphatic hydroxyl groups is 1. The van der Waals surface area contributed by atoms with Gasteiger partial charge in [-0.1, -0.05) is 40.2 Å². The molecule has 0 aromatic heterocycles. The highest BCUT2D eigenvalue weighted by Gasteiger charge is 2.92. The molecule has 2 saturated carbocycles. The van der Waals surface area contributed by atoms with Gasteiger partial charge in [0, 0.05) is 5.41 Å². The summed E-state index contributed by atoms with van der Waals surface area (Å²) in [5.41, 5.74) is 1.59. The maximum absolute atomic E-state index is 11.4. The molecule has 9 atom stereocenters. The lowest BCUT2D eigenvalue weighted by molar-refractivity contribution is -0.133. The maximum atomic E-state index is 11.4. The summed E-state index contributed by atoms with van der Waals surface area (Å²) in [5.74, 6) is 0.917. The predicted octanol–water partition coefficient (Wildman–Crippen LogP) is 4.02. The molecule has 0 aromatic carbocycles. The van der Waals surface area contributed by atoms with Gasteiger partial charge in [-0.05, 0) is 62.9 Å². The van der Waals surface area contributed by atoms with Crippen LogP contribution in [-0.2, 0) is 19.0 Å². The van der Waals surface area contributed by atoms with E-state index in [0.717, 1.165) is 25.7 Å². The number of aliphatic hydroxyl groups excluding tert-OH is 1. The van der Waals surface area contributed by atoms with Gasteiger partial charge in [0.25, 0.3) is 6.47 Å². The Hall–Kier alpha value is -0.910. The van der Waals surface area contributed by atoms with Gasteiger partial charge < -0.3 is 19.3 Å². The summed E-state index contributed by atoms with van der Waals surface area (Å²) in [6, 6.07) is 0. The molecule has 0 amide bonds. The van der Waals surface area contributed by atoms with Crippen LogP contribution in [0.4, 0.5) is 0 Å². The molecule has 29 heavy (non-hydrogen) atoms.